The van der Waals surface area contributed by atoms with E-state index >= 15 is 0 Å². The summed E-state index contributed by atoms with van der Waals surface area (Å²) < 4.78 is 5.55. The summed E-state index contributed by atoms with van der Waals surface area (Å²) in [6, 6.07) is 0.965. The Bertz CT molecular complexity index is 452. The van der Waals surface area contributed by atoms with E-state index in [-0.39, 0.29) is 0 Å². The largest absolute Gasteiger partial charge is 0.424 e. The Labute approximate surface area is 121 Å². The second-order valence-corrected chi connectivity index (χ2v) is 5.44. The molecule has 0 bridgehead atoms. The maximum atomic E-state index is 5.55. The second-order valence-electron chi connectivity index (χ2n) is 5.44. The Morgan fingerprint density at radius 2 is 2.35 bits per heavy atom. The highest BCUT2D eigenvalue weighted by Gasteiger charge is 2.27. The molecule has 0 aliphatic carbocycles. The monoisotopic (exact) mass is 275 g/mol. The van der Waals surface area contributed by atoms with Crippen molar-refractivity contribution in [3.8, 4) is 0 Å². The maximum Gasteiger partial charge on any atom is 0.230 e. The van der Waals surface area contributed by atoms with Gasteiger partial charge in [0.15, 0.2) is 0 Å². The first-order chi connectivity index (χ1) is 9.74. The van der Waals surface area contributed by atoms with Gasteiger partial charge in [0.05, 0.1) is 6.54 Å². The molecule has 1 aromatic rings. The zero-order valence-corrected chi connectivity index (χ0v) is 12.6. The predicted octanol–water partition coefficient (Wildman–Crippen LogP) is 3.64. The average molecular weight is 275 g/mol. The molecule has 1 aliphatic rings. The van der Waals surface area contributed by atoms with Crippen LogP contribution in [0.3, 0.4) is 0 Å². The fourth-order valence-corrected chi connectivity index (χ4v) is 2.81. The summed E-state index contributed by atoms with van der Waals surface area (Å²) in [4.78, 5) is 2.49. The molecule has 2 atom stereocenters. The third kappa shape index (κ3) is 3.79. The van der Waals surface area contributed by atoms with Crippen molar-refractivity contribution in [2.45, 2.75) is 64.6 Å². The van der Waals surface area contributed by atoms with Crippen molar-refractivity contribution in [2.75, 3.05) is 0 Å². The van der Waals surface area contributed by atoms with Gasteiger partial charge in [-0.2, -0.15) is 0 Å². The lowest BCUT2D eigenvalue weighted by molar-refractivity contribution is 0.120. The highest BCUT2D eigenvalue weighted by atomic mass is 16.4. The SMILES string of the molecule is C=CC[C@H]1CC=C[C@H](CCCC)N1Cc1nnc(C)o1. The van der Waals surface area contributed by atoms with E-state index in [1.54, 1.807) is 0 Å². The summed E-state index contributed by atoms with van der Waals surface area (Å²) in [5.41, 5.74) is 0. The maximum absolute atomic E-state index is 5.55. The molecule has 0 radical (unpaired) electrons. The van der Waals surface area contributed by atoms with Crippen molar-refractivity contribution in [2.24, 2.45) is 0 Å². The molecule has 20 heavy (non-hydrogen) atoms. The van der Waals surface area contributed by atoms with Crippen LogP contribution in [-0.4, -0.2) is 27.2 Å². The Morgan fingerprint density at radius 3 is 3.00 bits per heavy atom. The topological polar surface area (TPSA) is 42.2 Å². The first kappa shape index (κ1) is 15.0. The molecule has 0 saturated heterocycles. The average Bonchev–Trinajstić information content (AvgIpc) is 2.85. The first-order valence-corrected chi connectivity index (χ1v) is 7.56. The number of hydrogen-bond acceptors (Lipinski definition) is 4. The zero-order valence-electron chi connectivity index (χ0n) is 12.6. The van der Waals surface area contributed by atoms with Gasteiger partial charge in [-0.3, -0.25) is 4.90 Å². The van der Waals surface area contributed by atoms with Crippen LogP contribution in [0.4, 0.5) is 0 Å². The Morgan fingerprint density at radius 1 is 1.50 bits per heavy atom. The van der Waals surface area contributed by atoms with E-state index < -0.39 is 0 Å². The molecule has 2 rings (SSSR count). The lowest BCUT2D eigenvalue weighted by Crippen LogP contribution is -2.43. The molecular formula is C16H25N3O. The molecule has 1 aliphatic heterocycles. The van der Waals surface area contributed by atoms with Gasteiger partial charge in [0.25, 0.3) is 0 Å². The van der Waals surface area contributed by atoms with Gasteiger partial charge >= 0.3 is 0 Å². The molecule has 0 unspecified atom stereocenters. The summed E-state index contributed by atoms with van der Waals surface area (Å²) in [5, 5.41) is 8.07. The first-order valence-electron chi connectivity index (χ1n) is 7.56. The minimum Gasteiger partial charge on any atom is -0.424 e. The normalized spacial score (nSPS) is 23.1. The van der Waals surface area contributed by atoms with E-state index in [1.165, 1.54) is 19.3 Å². The Balaban J connectivity index is 2.10. The van der Waals surface area contributed by atoms with E-state index in [1.807, 2.05) is 13.0 Å². The standard InChI is InChI=1S/C16H25N3O/c1-4-6-9-15-11-7-10-14(8-5-2)19(15)12-16-18-17-13(3)20-16/h5,7,11,14-15H,2,4,6,8-10,12H2,1,3H3/t14-,15-/m0/s1. The van der Waals surface area contributed by atoms with Crippen LogP contribution in [0, 0.1) is 6.92 Å². The number of aryl methyl sites for hydroxylation is 1. The summed E-state index contributed by atoms with van der Waals surface area (Å²) in [6.45, 7) is 8.69. The number of nitrogens with zero attached hydrogens (tertiary/aromatic N) is 3. The molecule has 0 amide bonds. The van der Waals surface area contributed by atoms with Gasteiger partial charge in [0.2, 0.25) is 11.8 Å². The minimum absolute atomic E-state index is 0.473. The lowest BCUT2D eigenvalue weighted by Gasteiger charge is -2.38. The summed E-state index contributed by atoms with van der Waals surface area (Å²) in [5.74, 6) is 1.35. The van der Waals surface area contributed by atoms with Crippen LogP contribution >= 0.6 is 0 Å². The van der Waals surface area contributed by atoms with E-state index in [0.717, 1.165) is 19.4 Å². The molecule has 0 spiro atoms. The predicted molar refractivity (Wildman–Crippen MR) is 80.3 cm³/mol. The van der Waals surface area contributed by atoms with Gasteiger partial charge in [-0.25, -0.2) is 0 Å². The fraction of sp³-hybridized carbons (Fsp3) is 0.625. The van der Waals surface area contributed by atoms with Gasteiger partial charge in [-0.15, -0.1) is 16.8 Å². The van der Waals surface area contributed by atoms with Crippen molar-refractivity contribution in [3.63, 3.8) is 0 Å². The number of hydrogen-bond donors (Lipinski definition) is 0. The van der Waals surface area contributed by atoms with Gasteiger partial charge in [0.1, 0.15) is 0 Å². The van der Waals surface area contributed by atoms with E-state index in [4.69, 9.17) is 4.42 Å². The van der Waals surface area contributed by atoms with Crippen molar-refractivity contribution in [3.05, 3.63) is 36.6 Å². The molecule has 0 aromatic carbocycles. The molecule has 0 fully saturated rings. The Kier molecular flexibility index (Phi) is 5.53. The van der Waals surface area contributed by atoms with Gasteiger partial charge in [-0.1, -0.05) is 38.0 Å². The number of aromatic nitrogens is 2. The van der Waals surface area contributed by atoms with Crippen LogP contribution in [0.2, 0.25) is 0 Å². The molecular weight excluding hydrogens is 250 g/mol. The van der Waals surface area contributed by atoms with Gasteiger partial charge < -0.3 is 4.42 Å². The van der Waals surface area contributed by atoms with Crippen LogP contribution < -0.4 is 0 Å². The Hall–Kier alpha value is -1.42. The molecule has 4 heteroatoms. The smallest absolute Gasteiger partial charge is 0.230 e. The van der Waals surface area contributed by atoms with Crippen molar-refractivity contribution in [1.29, 1.82) is 0 Å². The molecule has 0 N–H and O–H groups in total. The summed E-state index contributed by atoms with van der Waals surface area (Å²) in [7, 11) is 0. The molecule has 1 aromatic heterocycles. The van der Waals surface area contributed by atoms with Crippen LogP contribution in [-0.2, 0) is 6.54 Å². The highest BCUT2D eigenvalue weighted by molar-refractivity contribution is 5.05. The van der Waals surface area contributed by atoms with Crippen LogP contribution in [0.25, 0.3) is 0 Å². The quantitative estimate of drug-likeness (QED) is 0.712. The zero-order chi connectivity index (χ0) is 14.4. The summed E-state index contributed by atoms with van der Waals surface area (Å²) >= 11 is 0. The third-order valence-corrected chi connectivity index (χ3v) is 3.84. The van der Waals surface area contributed by atoms with Crippen molar-refractivity contribution < 1.29 is 4.42 Å². The number of unbranched alkanes of at least 4 members (excludes halogenated alkanes) is 1. The molecule has 2 heterocycles. The third-order valence-electron chi connectivity index (χ3n) is 3.84. The number of rotatable bonds is 7. The van der Waals surface area contributed by atoms with Crippen LogP contribution in [0.1, 0.15) is 50.8 Å². The second kappa shape index (κ2) is 7.39. The van der Waals surface area contributed by atoms with E-state index in [9.17, 15) is 0 Å². The highest BCUT2D eigenvalue weighted by Crippen LogP contribution is 2.25. The van der Waals surface area contributed by atoms with Crippen molar-refractivity contribution in [1.82, 2.24) is 15.1 Å². The molecule has 110 valence electrons. The minimum atomic E-state index is 0.473. The van der Waals surface area contributed by atoms with Crippen molar-refractivity contribution >= 4 is 0 Å². The van der Waals surface area contributed by atoms with Gasteiger partial charge in [0, 0.05) is 19.0 Å². The van der Waals surface area contributed by atoms with E-state index in [2.05, 4.69) is 40.8 Å². The molecule has 4 nitrogen and oxygen atoms in total. The lowest BCUT2D eigenvalue weighted by atomic mass is 9.96. The van der Waals surface area contributed by atoms with E-state index in [0.29, 0.717) is 23.9 Å². The molecule has 0 saturated carbocycles. The van der Waals surface area contributed by atoms with Crippen LogP contribution in [0.5, 0.6) is 0 Å². The fourth-order valence-electron chi connectivity index (χ4n) is 2.81. The van der Waals surface area contributed by atoms with Crippen LogP contribution in [0.15, 0.2) is 29.2 Å². The van der Waals surface area contributed by atoms with Gasteiger partial charge in [-0.05, 0) is 19.3 Å². The summed E-state index contributed by atoms with van der Waals surface area (Å²) in [6.07, 6.45) is 12.4.